The molecule has 0 bridgehead atoms. The molecule has 0 saturated carbocycles. The lowest BCUT2D eigenvalue weighted by atomic mass is 10.1. The third-order valence-corrected chi connectivity index (χ3v) is 2.88. The molecule has 0 heterocycles. The fourth-order valence-electron chi connectivity index (χ4n) is 1.81. The van der Waals surface area contributed by atoms with E-state index < -0.39 is 12.1 Å². The van der Waals surface area contributed by atoms with Crippen molar-refractivity contribution in [2.45, 2.75) is 19.1 Å². The van der Waals surface area contributed by atoms with E-state index in [9.17, 15) is 9.90 Å². The zero-order valence-corrected chi connectivity index (χ0v) is 10.9. The lowest BCUT2D eigenvalue weighted by Gasteiger charge is -2.10. The van der Waals surface area contributed by atoms with Crippen molar-refractivity contribution in [1.29, 1.82) is 0 Å². The Morgan fingerprint density at radius 2 is 1.70 bits per heavy atom. The van der Waals surface area contributed by atoms with Gasteiger partial charge in [0.25, 0.3) is 0 Å². The minimum absolute atomic E-state index is 0.301. The van der Waals surface area contributed by atoms with Gasteiger partial charge in [0, 0.05) is 0 Å². The first-order chi connectivity index (χ1) is 9.65. The topological polar surface area (TPSA) is 66.8 Å². The molecule has 0 aliphatic heterocycles. The monoisotopic (exact) mass is 272 g/mol. The minimum Gasteiger partial charge on any atom is -0.489 e. The summed E-state index contributed by atoms with van der Waals surface area (Å²) in [6, 6.07) is 16.6. The number of benzene rings is 2. The lowest BCUT2D eigenvalue weighted by molar-refractivity contribution is -0.139. The van der Waals surface area contributed by atoms with Gasteiger partial charge in [-0.2, -0.15) is 0 Å². The first-order valence-electron chi connectivity index (χ1n) is 6.31. The quantitative estimate of drug-likeness (QED) is 0.848. The molecule has 4 nitrogen and oxygen atoms in total. The normalized spacial score (nSPS) is 11.8. The summed E-state index contributed by atoms with van der Waals surface area (Å²) in [5, 5.41) is 18.3. The highest BCUT2D eigenvalue weighted by Gasteiger charge is 2.11. The van der Waals surface area contributed by atoms with Crippen molar-refractivity contribution >= 4 is 5.97 Å². The molecule has 0 saturated heterocycles. The second-order valence-corrected chi connectivity index (χ2v) is 4.46. The number of carbonyl (C=O) groups is 1. The second-order valence-electron chi connectivity index (χ2n) is 4.46. The van der Waals surface area contributed by atoms with Gasteiger partial charge in [0.1, 0.15) is 12.4 Å². The van der Waals surface area contributed by atoms with Crippen molar-refractivity contribution in [1.82, 2.24) is 0 Å². The third kappa shape index (κ3) is 4.10. The van der Waals surface area contributed by atoms with Crippen molar-refractivity contribution < 1.29 is 19.7 Å². The van der Waals surface area contributed by atoms with Gasteiger partial charge in [-0.25, -0.2) is 0 Å². The van der Waals surface area contributed by atoms with E-state index in [0.717, 1.165) is 5.56 Å². The zero-order valence-electron chi connectivity index (χ0n) is 10.9. The maximum atomic E-state index is 10.5. The summed E-state index contributed by atoms with van der Waals surface area (Å²) in [5.41, 5.74) is 1.64. The summed E-state index contributed by atoms with van der Waals surface area (Å²) >= 11 is 0. The Kier molecular flexibility index (Phi) is 4.74. The average molecular weight is 272 g/mol. The van der Waals surface area contributed by atoms with Gasteiger partial charge in [0.2, 0.25) is 0 Å². The van der Waals surface area contributed by atoms with Gasteiger partial charge < -0.3 is 14.9 Å². The van der Waals surface area contributed by atoms with Crippen LogP contribution in [0.15, 0.2) is 54.6 Å². The van der Waals surface area contributed by atoms with Crippen LogP contribution in [0.3, 0.4) is 0 Å². The van der Waals surface area contributed by atoms with E-state index in [-0.39, 0.29) is 6.42 Å². The number of carboxylic acid groups (broad SMARTS) is 1. The number of aliphatic carboxylic acids is 1. The Hall–Kier alpha value is -2.33. The van der Waals surface area contributed by atoms with Crippen LogP contribution < -0.4 is 4.74 Å². The molecule has 2 aromatic carbocycles. The molecular weight excluding hydrogens is 256 g/mol. The largest absolute Gasteiger partial charge is 0.489 e. The number of ether oxygens (including phenoxy) is 1. The molecule has 0 aliphatic rings. The fourth-order valence-corrected chi connectivity index (χ4v) is 1.81. The van der Waals surface area contributed by atoms with E-state index in [2.05, 4.69) is 0 Å². The van der Waals surface area contributed by atoms with Crippen LogP contribution in [0.2, 0.25) is 0 Å². The standard InChI is InChI=1S/C16H16O4/c17-15(10-16(18)19)13-6-8-14(9-7-13)20-11-12-4-2-1-3-5-12/h1-9,15,17H,10-11H2,(H,18,19). The van der Waals surface area contributed by atoms with Crippen molar-refractivity contribution in [3.8, 4) is 5.75 Å². The molecular formula is C16H16O4. The Morgan fingerprint density at radius 3 is 2.30 bits per heavy atom. The van der Waals surface area contributed by atoms with Gasteiger partial charge >= 0.3 is 5.97 Å². The molecule has 0 aliphatic carbocycles. The average Bonchev–Trinajstić information content (AvgIpc) is 2.46. The molecule has 104 valence electrons. The van der Waals surface area contributed by atoms with Crippen LogP contribution in [0, 0.1) is 0 Å². The van der Waals surface area contributed by atoms with Crippen molar-refractivity contribution in [2.75, 3.05) is 0 Å². The summed E-state index contributed by atoms with van der Waals surface area (Å²) < 4.78 is 5.61. The van der Waals surface area contributed by atoms with Crippen LogP contribution in [0.5, 0.6) is 5.75 Å². The van der Waals surface area contributed by atoms with Gasteiger partial charge in [-0.1, -0.05) is 42.5 Å². The van der Waals surface area contributed by atoms with Gasteiger partial charge in [-0.3, -0.25) is 4.79 Å². The SMILES string of the molecule is O=C(O)CC(O)c1ccc(OCc2ccccc2)cc1. The minimum atomic E-state index is -1.03. The van der Waals surface area contributed by atoms with Crippen molar-refractivity contribution in [2.24, 2.45) is 0 Å². The smallest absolute Gasteiger partial charge is 0.306 e. The Labute approximate surface area is 117 Å². The van der Waals surface area contributed by atoms with Crippen LogP contribution in [0.4, 0.5) is 0 Å². The number of hydrogen-bond acceptors (Lipinski definition) is 3. The molecule has 4 heteroatoms. The molecule has 20 heavy (non-hydrogen) atoms. The molecule has 2 aromatic rings. The van der Waals surface area contributed by atoms with Gasteiger partial charge in [-0.15, -0.1) is 0 Å². The Bertz CT molecular complexity index is 548. The fraction of sp³-hybridized carbons (Fsp3) is 0.188. The summed E-state index contributed by atoms with van der Waals surface area (Å²) in [6.45, 7) is 0.470. The van der Waals surface area contributed by atoms with Gasteiger partial charge in [0.15, 0.2) is 0 Å². The van der Waals surface area contributed by atoms with E-state index >= 15 is 0 Å². The molecule has 0 radical (unpaired) electrons. The summed E-state index contributed by atoms with van der Waals surface area (Å²) in [7, 11) is 0. The first kappa shape index (κ1) is 14.1. The van der Waals surface area contributed by atoms with E-state index in [1.54, 1.807) is 24.3 Å². The van der Waals surface area contributed by atoms with Gasteiger partial charge in [0.05, 0.1) is 12.5 Å². The summed E-state index contributed by atoms with van der Waals surface area (Å²) in [6.07, 6.45) is -1.29. The highest BCUT2D eigenvalue weighted by Crippen LogP contribution is 2.20. The lowest BCUT2D eigenvalue weighted by Crippen LogP contribution is -2.05. The van der Waals surface area contributed by atoms with E-state index in [4.69, 9.17) is 9.84 Å². The van der Waals surface area contributed by atoms with E-state index in [1.165, 1.54) is 0 Å². The van der Waals surface area contributed by atoms with Crippen LogP contribution in [0.25, 0.3) is 0 Å². The number of aliphatic hydroxyl groups is 1. The maximum Gasteiger partial charge on any atom is 0.306 e. The predicted molar refractivity (Wildman–Crippen MR) is 74.4 cm³/mol. The number of hydrogen-bond donors (Lipinski definition) is 2. The molecule has 1 unspecified atom stereocenters. The highest BCUT2D eigenvalue weighted by atomic mass is 16.5. The second kappa shape index (κ2) is 6.73. The summed E-state index contributed by atoms with van der Waals surface area (Å²) in [4.78, 5) is 10.5. The van der Waals surface area contributed by atoms with Gasteiger partial charge in [-0.05, 0) is 23.3 Å². The van der Waals surface area contributed by atoms with Crippen LogP contribution in [-0.2, 0) is 11.4 Å². The van der Waals surface area contributed by atoms with Crippen LogP contribution >= 0.6 is 0 Å². The van der Waals surface area contributed by atoms with Crippen LogP contribution in [0.1, 0.15) is 23.7 Å². The third-order valence-electron chi connectivity index (χ3n) is 2.88. The van der Waals surface area contributed by atoms with Crippen LogP contribution in [-0.4, -0.2) is 16.2 Å². The molecule has 0 aromatic heterocycles. The molecule has 0 fully saturated rings. The summed E-state index contributed by atoms with van der Waals surface area (Å²) in [5.74, 6) is -0.345. The Morgan fingerprint density at radius 1 is 1.05 bits per heavy atom. The predicted octanol–water partition coefficient (Wildman–Crippen LogP) is 2.77. The number of rotatable bonds is 6. The van der Waals surface area contributed by atoms with E-state index in [1.807, 2.05) is 30.3 Å². The maximum absolute atomic E-state index is 10.5. The molecule has 0 spiro atoms. The molecule has 0 amide bonds. The highest BCUT2D eigenvalue weighted by molar-refractivity contribution is 5.67. The Balaban J connectivity index is 1.93. The number of carboxylic acids is 1. The number of aliphatic hydroxyl groups excluding tert-OH is 1. The molecule has 1 atom stereocenters. The van der Waals surface area contributed by atoms with Crippen molar-refractivity contribution in [3.05, 3.63) is 65.7 Å². The van der Waals surface area contributed by atoms with Crippen molar-refractivity contribution in [3.63, 3.8) is 0 Å². The molecule has 2 rings (SSSR count). The zero-order chi connectivity index (χ0) is 14.4. The first-order valence-corrected chi connectivity index (χ1v) is 6.31. The van der Waals surface area contributed by atoms with E-state index in [0.29, 0.717) is 17.9 Å². The molecule has 2 N–H and O–H groups in total.